The molecule has 72 valence electrons. The van der Waals surface area contributed by atoms with Gasteiger partial charge in [0, 0.05) is 19.8 Å². The van der Waals surface area contributed by atoms with E-state index < -0.39 is 5.97 Å². The molecule has 4 heteroatoms. The van der Waals surface area contributed by atoms with Crippen molar-refractivity contribution in [2.24, 2.45) is 7.05 Å². The van der Waals surface area contributed by atoms with Crippen LogP contribution < -0.4 is 5.32 Å². The summed E-state index contributed by atoms with van der Waals surface area (Å²) in [6.45, 7) is 3.62. The SMILES string of the molecule is CCNCc1cc(C(=O)O)n(C)c1. The molecule has 0 amide bonds. The van der Waals surface area contributed by atoms with Crippen LogP contribution in [-0.4, -0.2) is 22.2 Å². The van der Waals surface area contributed by atoms with Crippen LogP contribution in [0.1, 0.15) is 23.0 Å². The fourth-order valence-electron chi connectivity index (χ4n) is 1.21. The summed E-state index contributed by atoms with van der Waals surface area (Å²) < 4.78 is 1.62. The van der Waals surface area contributed by atoms with Gasteiger partial charge in [-0.15, -0.1) is 0 Å². The Morgan fingerprint density at radius 3 is 2.85 bits per heavy atom. The molecule has 1 rings (SSSR count). The van der Waals surface area contributed by atoms with Gasteiger partial charge >= 0.3 is 5.97 Å². The van der Waals surface area contributed by atoms with Crippen molar-refractivity contribution in [2.75, 3.05) is 6.54 Å². The summed E-state index contributed by atoms with van der Waals surface area (Å²) in [6, 6.07) is 1.69. The zero-order valence-corrected chi connectivity index (χ0v) is 7.87. The van der Waals surface area contributed by atoms with E-state index in [2.05, 4.69) is 5.32 Å². The first-order valence-corrected chi connectivity index (χ1v) is 4.24. The van der Waals surface area contributed by atoms with Gasteiger partial charge in [0.05, 0.1) is 0 Å². The smallest absolute Gasteiger partial charge is 0.352 e. The zero-order chi connectivity index (χ0) is 9.84. The zero-order valence-electron chi connectivity index (χ0n) is 7.87. The van der Waals surface area contributed by atoms with E-state index in [1.54, 1.807) is 17.7 Å². The Bertz CT molecular complexity index is 305. The maximum Gasteiger partial charge on any atom is 0.352 e. The minimum absolute atomic E-state index is 0.327. The molecule has 1 aromatic heterocycles. The van der Waals surface area contributed by atoms with Crippen molar-refractivity contribution in [1.82, 2.24) is 9.88 Å². The third-order valence-corrected chi connectivity index (χ3v) is 1.86. The van der Waals surface area contributed by atoms with E-state index in [0.29, 0.717) is 5.69 Å². The van der Waals surface area contributed by atoms with Gasteiger partial charge < -0.3 is 15.0 Å². The van der Waals surface area contributed by atoms with Crippen LogP contribution in [0.5, 0.6) is 0 Å². The Morgan fingerprint density at radius 2 is 2.38 bits per heavy atom. The summed E-state index contributed by atoms with van der Waals surface area (Å²) >= 11 is 0. The van der Waals surface area contributed by atoms with Gasteiger partial charge in [0.1, 0.15) is 5.69 Å². The molecule has 0 saturated heterocycles. The van der Waals surface area contributed by atoms with Crippen LogP contribution in [0.3, 0.4) is 0 Å². The van der Waals surface area contributed by atoms with E-state index in [1.807, 2.05) is 13.1 Å². The van der Waals surface area contributed by atoms with Crippen molar-refractivity contribution in [3.05, 3.63) is 23.5 Å². The predicted molar refractivity (Wildman–Crippen MR) is 49.8 cm³/mol. The van der Waals surface area contributed by atoms with Crippen molar-refractivity contribution in [3.63, 3.8) is 0 Å². The number of rotatable bonds is 4. The Hall–Kier alpha value is -1.29. The second kappa shape index (κ2) is 4.09. The first-order chi connectivity index (χ1) is 6.15. The topological polar surface area (TPSA) is 54.3 Å². The summed E-state index contributed by atoms with van der Waals surface area (Å²) in [5.41, 5.74) is 1.33. The number of hydrogen-bond donors (Lipinski definition) is 2. The first kappa shape index (κ1) is 9.80. The Labute approximate surface area is 77.2 Å². The summed E-state index contributed by atoms with van der Waals surface area (Å²) in [5, 5.41) is 11.9. The highest BCUT2D eigenvalue weighted by atomic mass is 16.4. The Balaban J connectivity index is 2.76. The number of aryl methyl sites for hydroxylation is 1. The highest BCUT2D eigenvalue weighted by Gasteiger charge is 2.08. The molecular weight excluding hydrogens is 168 g/mol. The average Bonchev–Trinajstić information content (AvgIpc) is 2.43. The van der Waals surface area contributed by atoms with Gasteiger partial charge in [-0.2, -0.15) is 0 Å². The molecule has 0 aliphatic rings. The van der Waals surface area contributed by atoms with Crippen molar-refractivity contribution in [1.29, 1.82) is 0 Å². The van der Waals surface area contributed by atoms with E-state index in [9.17, 15) is 4.79 Å². The lowest BCUT2D eigenvalue weighted by molar-refractivity contribution is 0.0686. The van der Waals surface area contributed by atoms with Crippen molar-refractivity contribution < 1.29 is 9.90 Å². The number of nitrogens with zero attached hydrogens (tertiary/aromatic N) is 1. The lowest BCUT2D eigenvalue weighted by Gasteiger charge is -1.95. The van der Waals surface area contributed by atoms with Crippen LogP contribution in [0.15, 0.2) is 12.3 Å². The number of nitrogens with one attached hydrogen (secondary N) is 1. The standard InChI is InChI=1S/C9H14N2O2/c1-3-10-5-7-4-8(9(12)13)11(2)6-7/h4,6,10H,3,5H2,1-2H3,(H,12,13). The number of hydrogen-bond acceptors (Lipinski definition) is 2. The van der Waals surface area contributed by atoms with Crippen LogP contribution in [0, 0.1) is 0 Å². The largest absolute Gasteiger partial charge is 0.477 e. The molecule has 0 aliphatic carbocycles. The highest BCUT2D eigenvalue weighted by molar-refractivity contribution is 5.86. The van der Waals surface area contributed by atoms with Crippen LogP contribution >= 0.6 is 0 Å². The molecule has 0 aliphatic heterocycles. The summed E-state index contributed by atoms with van der Waals surface area (Å²) in [7, 11) is 1.74. The lowest BCUT2D eigenvalue weighted by atomic mass is 10.3. The maximum absolute atomic E-state index is 10.7. The normalized spacial score (nSPS) is 10.3. The third-order valence-electron chi connectivity index (χ3n) is 1.86. The number of carboxylic acids is 1. The van der Waals surface area contributed by atoms with Gasteiger partial charge in [0.2, 0.25) is 0 Å². The Morgan fingerprint density at radius 1 is 1.69 bits per heavy atom. The molecule has 13 heavy (non-hydrogen) atoms. The quantitative estimate of drug-likeness (QED) is 0.725. The Kier molecular flexibility index (Phi) is 3.08. The van der Waals surface area contributed by atoms with E-state index in [0.717, 1.165) is 18.7 Å². The molecule has 0 aromatic carbocycles. The fourth-order valence-corrected chi connectivity index (χ4v) is 1.21. The van der Waals surface area contributed by atoms with Gasteiger partial charge in [-0.3, -0.25) is 0 Å². The van der Waals surface area contributed by atoms with Crippen LogP contribution in [0.25, 0.3) is 0 Å². The maximum atomic E-state index is 10.7. The molecule has 1 aromatic rings. The molecule has 0 fully saturated rings. The average molecular weight is 182 g/mol. The van der Waals surface area contributed by atoms with Crippen molar-refractivity contribution in [3.8, 4) is 0 Å². The molecule has 0 saturated carbocycles. The third kappa shape index (κ3) is 2.32. The van der Waals surface area contributed by atoms with Gasteiger partial charge in [-0.05, 0) is 18.2 Å². The van der Waals surface area contributed by atoms with Crippen LogP contribution in [0.4, 0.5) is 0 Å². The predicted octanol–water partition coefficient (Wildman–Crippen LogP) is 0.833. The van der Waals surface area contributed by atoms with E-state index in [-0.39, 0.29) is 0 Å². The molecule has 2 N–H and O–H groups in total. The number of aromatic carboxylic acids is 1. The fraction of sp³-hybridized carbons (Fsp3) is 0.444. The molecular formula is C9H14N2O2. The van der Waals surface area contributed by atoms with Crippen LogP contribution in [0.2, 0.25) is 0 Å². The highest BCUT2D eigenvalue weighted by Crippen LogP contribution is 2.06. The number of aromatic nitrogens is 1. The molecule has 0 bridgehead atoms. The van der Waals surface area contributed by atoms with E-state index in [1.165, 1.54) is 0 Å². The summed E-state index contributed by atoms with van der Waals surface area (Å²) in [5.74, 6) is -0.884. The van der Waals surface area contributed by atoms with Crippen molar-refractivity contribution >= 4 is 5.97 Å². The molecule has 1 heterocycles. The summed E-state index contributed by atoms with van der Waals surface area (Å²) in [6.07, 6.45) is 1.83. The second-order valence-electron chi connectivity index (χ2n) is 2.93. The molecule has 0 unspecified atom stereocenters. The van der Waals surface area contributed by atoms with Crippen molar-refractivity contribution in [2.45, 2.75) is 13.5 Å². The van der Waals surface area contributed by atoms with Crippen LogP contribution in [-0.2, 0) is 13.6 Å². The lowest BCUT2D eigenvalue weighted by Crippen LogP contribution is -2.10. The van der Waals surface area contributed by atoms with Gasteiger partial charge in [-0.1, -0.05) is 6.92 Å². The second-order valence-corrected chi connectivity index (χ2v) is 2.93. The number of carbonyl (C=O) groups is 1. The monoisotopic (exact) mass is 182 g/mol. The van der Waals surface area contributed by atoms with E-state index in [4.69, 9.17) is 5.11 Å². The molecule has 0 atom stereocenters. The molecule has 0 radical (unpaired) electrons. The number of carboxylic acid groups (broad SMARTS) is 1. The van der Waals surface area contributed by atoms with Gasteiger partial charge in [-0.25, -0.2) is 4.79 Å². The van der Waals surface area contributed by atoms with Gasteiger partial charge in [0.15, 0.2) is 0 Å². The van der Waals surface area contributed by atoms with Gasteiger partial charge in [0.25, 0.3) is 0 Å². The molecule has 4 nitrogen and oxygen atoms in total. The summed E-state index contributed by atoms with van der Waals surface area (Å²) in [4.78, 5) is 10.7. The van der Waals surface area contributed by atoms with E-state index >= 15 is 0 Å². The first-order valence-electron chi connectivity index (χ1n) is 4.24. The molecule has 0 spiro atoms. The minimum Gasteiger partial charge on any atom is -0.477 e. The minimum atomic E-state index is -0.884.